The van der Waals surface area contributed by atoms with Crippen LogP contribution in [0.2, 0.25) is 0 Å². The molecule has 0 fully saturated rings. The molecule has 1 heterocycles. The van der Waals surface area contributed by atoms with E-state index in [4.69, 9.17) is 4.52 Å². The van der Waals surface area contributed by atoms with Gasteiger partial charge in [-0.1, -0.05) is 54.5 Å². The van der Waals surface area contributed by atoms with Crippen molar-refractivity contribution in [3.63, 3.8) is 0 Å². The zero-order chi connectivity index (χ0) is 16.4. The molecule has 3 rings (SSSR count). The van der Waals surface area contributed by atoms with Gasteiger partial charge in [-0.25, -0.2) is 4.39 Å². The molecule has 0 amide bonds. The van der Waals surface area contributed by atoms with Gasteiger partial charge in [0, 0.05) is 31.6 Å². The van der Waals surface area contributed by atoms with Gasteiger partial charge in [0.2, 0.25) is 5.88 Å². The molecule has 0 saturated carbocycles. The Balaban J connectivity index is 1.90. The standard InChI is InChI=1S/C19H19FN2O/c1-13(18-12-19(22(2)3)23-21-18)15-9-10-16(17(20)11-15)14-7-5-4-6-8-14/h4-13H,1-3H3. The molecule has 3 aromatic rings. The Morgan fingerprint density at radius 2 is 1.78 bits per heavy atom. The lowest BCUT2D eigenvalue weighted by Gasteiger charge is -2.11. The molecule has 1 atom stereocenters. The highest BCUT2D eigenvalue weighted by atomic mass is 19.1. The Morgan fingerprint density at radius 3 is 2.39 bits per heavy atom. The molecule has 3 nitrogen and oxygen atoms in total. The normalized spacial score (nSPS) is 12.2. The number of benzene rings is 2. The van der Waals surface area contributed by atoms with Crippen molar-refractivity contribution in [1.29, 1.82) is 0 Å². The molecule has 118 valence electrons. The van der Waals surface area contributed by atoms with E-state index in [1.165, 1.54) is 0 Å². The predicted octanol–water partition coefficient (Wildman–Crippen LogP) is 4.70. The Morgan fingerprint density at radius 1 is 1.04 bits per heavy atom. The molecule has 4 heteroatoms. The maximum absolute atomic E-state index is 14.5. The van der Waals surface area contributed by atoms with E-state index in [1.54, 1.807) is 6.07 Å². The van der Waals surface area contributed by atoms with Crippen molar-refractivity contribution in [3.05, 3.63) is 71.7 Å². The third-order valence-corrected chi connectivity index (χ3v) is 3.98. The zero-order valence-electron chi connectivity index (χ0n) is 13.5. The van der Waals surface area contributed by atoms with Gasteiger partial charge >= 0.3 is 0 Å². The van der Waals surface area contributed by atoms with Crippen LogP contribution in [0, 0.1) is 5.82 Å². The average Bonchev–Trinajstić information content (AvgIpc) is 3.05. The lowest BCUT2D eigenvalue weighted by Crippen LogP contribution is -2.07. The van der Waals surface area contributed by atoms with E-state index in [9.17, 15) is 4.39 Å². The molecule has 23 heavy (non-hydrogen) atoms. The fourth-order valence-corrected chi connectivity index (χ4v) is 2.52. The van der Waals surface area contributed by atoms with E-state index in [0.29, 0.717) is 11.4 Å². The predicted molar refractivity (Wildman–Crippen MR) is 90.2 cm³/mol. The number of nitrogens with zero attached hydrogens (tertiary/aromatic N) is 2. The first-order valence-electron chi connectivity index (χ1n) is 7.55. The summed E-state index contributed by atoms with van der Waals surface area (Å²) in [5, 5.41) is 4.08. The van der Waals surface area contributed by atoms with Crippen LogP contribution in [0.3, 0.4) is 0 Å². The molecule has 0 radical (unpaired) electrons. The van der Waals surface area contributed by atoms with Crippen LogP contribution in [0.25, 0.3) is 11.1 Å². The summed E-state index contributed by atoms with van der Waals surface area (Å²) in [5.74, 6) is 0.428. The van der Waals surface area contributed by atoms with E-state index in [0.717, 1.165) is 16.8 Å². The lowest BCUT2D eigenvalue weighted by molar-refractivity contribution is 0.413. The van der Waals surface area contributed by atoms with Gasteiger partial charge in [-0.2, -0.15) is 0 Å². The van der Waals surface area contributed by atoms with Crippen molar-refractivity contribution in [3.8, 4) is 11.1 Å². The molecule has 0 N–H and O–H groups in total. The maximum atomic E-state index is 14.5. The van der Waals surface area contributed by atoms with E-state index in [2.05, 4.69) is 5.16 Å². The topological polar surface area (TPSA) is 29.3 Å². The van der Waals surface area contributed by atoms with E-state index in [1.807, 2.05) is 74.4 Å². The fourth-order valence-electron chi connectivity index (χ4n) is 2.52. The van der Waals surface area contributed by atoms with Crippen LogP contribution in [-0.2, 0) is 0 Å². The van der Waals surface area contributed by atoms with Crippen LogP contribution in [0.1, 0.15) is 24.1 Å². The van der Waals surface area contributed by atoms with Gasteiger partial charge < -0.3 is 9.42 Å². The third-order valence-electron chi connectivity index (χ3n) is 3.98. The molecule has 1 aromatic heterocycles. The monoisotopic (exact) mass is 310 g/mol. The van der Waals surface area contributed by atoms with Crippen LogP contribution >= 0.6 is 0 Å². The Bertz CT molecular complexity index is 796. The Hall–Kier alpha value is -2.62. The summed E-state index contributed by atoms with van der Waals surface area (Å²) in [6.07, 6.45) is 0. The number of rotatable bonds is 4. The quantitative estimate of drug-likeness (QED) is 0.699. The molecule has 0 bridgehead atoms. The van der Waals surface area contributed by atoms with Crippen LogP contribution in [0.15, 0.2) is 59.1 Å². The van der Waals surface area contributed by atoms with E-state index in [-0.39, 0.29) is 11.7 Å². The average molecular weight is 310 g/mol. The number of hydrogen-bond acceptors (Lipinski definition) is 3. The molecular weight excluding hydrogens is 291 g/mol. The van der Waals surface area contributed by atoms with Crippen LogP contribution < -0.4 is 4.90 Å². The number of hydrogen-bond donors (Lipinski definition) is 0. The number of aromatic nitrogens is 1. The van der Waals surface area contributed by atoms with Gasteiger partial charge in [0.1, 0.15) is 5.82 Å². The van der Waals surface area contributed by atoms with Gasteiger partial charge in [-0.15, -0.1) is 0 Å². The van der Waals surface area contributed by atoms with Crippen LogP contribution in [0.4, 0.5) is 10.3 Å². The van der Waals surface area contributed by atoms with Crippen molar-refractivity contribution >= 4 is 5.88 Å². The highest BCUT2D eigenvalue weighted by Gasteiger charge is 2.16. The smallest absolute Gasteiger partial charge is 0.226 e. The van der Waals surface area contributed by atoms with Gasteiger partial charge in [0.25, 0.3) is 0 Å². The molecule has 0 spiro atoms. The second-order valence-electron chi connectivity index (χ2n) is 5.81. The molecule has 2 aromatic carbocycles. The Labute approximate surface area is 135 Å². The van der Waals surface area contributed by atoms with E-state index >= 15 is 0 Å². The summed E-state index contributed by atoms with van der Waals surface area (Å²) in [5.41, 5.74) is 3.15. The minimum atomic E-state index is -0.225. The van der Waals surface area contributed by atoms with Crippen molar-refractivity contribution in [2.45, 2.75) is 12.8 Å². The third kappa shape index (κ3) is 3.11. The summed E-state index contributed by atoms with van der Waals surface area (Å²) in [4.78, 5) is 1.85. The highest BCUT2D eigenvalue weighted by Crippen LogP contribution is 2.30. The van der Waals surface area contributed by atoms with Crippen molar-refractivity contribution in [2.24, 2.45) is 0 Å². The highest BCUT2D eigenvalue weighted by molar-refractivity contribution is 5.64. The van der Waals surface area contributed by atoms with Crippen LogP contribution in [-0.4, -0.2) is 19.3 Å². The SMILES string of the molecule is CC(c1ccc(-c2ccccc2)c(F)c1)c1cc(N(C)C)on1. The van der Waals surface area contributed by atoms with Gasteiger partial charge in [0.05, 0.1) is 5.69 Å². The molecule has 0 aliphatic rings. The molecular formula is C19H19FN2O. The second-order valence-corrected chi connectivity index (χ2v) is 5.81. The van der Waals surface area contributed by atoms with Gasteiger partial charge in [0.15, 0.2) is 0 Å². The Kier molecular flexibility index (Phi) is 4.15. The van der Waals surface area contributed by atoms with Crippen molar-refractivity contribution in [2.75, 3.05) is 19.0 Å². The summed E-state index contributed by atoms with van der Waals surface area (Å²) >= 11 is 0. The first-order chi connectivity index (χ1) is 11.1. The first kappa shape index (κ1) is 15.3. The second kappa shape index (κ2) is 6.24. The number of anilines is 1. The van der Waals surface area contributed by atoms with Crippen molar-refractivity contribution < 1.29 is 8.91 Å². The van der Waals surface area contributed by atoms with E-state index < -0.39 is 0 Å². The maximum Gasteiger partial charge on any atom is 0.226 e. The minimum Gasteiger partial charge on any atom is -0.347 e. The van der Waals surface area contributed by atoms with Crippen LogP contribution in [0.5, 0.6) is 0 Å². The summed E-state index contributed by atoms with van der Waals surface area (Å²) < 4.78 is 19.8. The van der Waals surface area contributed by atoms with Crippen molar-refractivity contribution in [1.82, 2.24) is 5.16 Å². The van der Waals surface area contributed by atoms with Gasteiger partial charge in [-0.3, -0.25) is 0 Å². The summed E-state index contributed by atoms with van der Waals surface area (Å²) in [7, 11) is 3.78. The molecule has 0 aliphatic heterocycles. The fraction of sp³-hybridized carbons (Fsp3) is 0.211. The lowest BCUT2D eigenvalue weighted by atomic mass is 9.95. The zero-order valence-corrected chi connectivity index (χ0v) is 13.5. The summed E-state index contributed by atoms with van der Waals surface area (Å²) in [6.45, 7) is 1.99. The first-order valence-corrected chi connectivity index (χ1v) is 7.55. The summed E-state index contributed by atoms with van der Waals surface area (Å²) in [6, 6.07) is 16.8. The minimum absolute atomic E-state index is 0.0354. The molecule has 1 unspecified atom stereocenters. The largest absolute Gasteiger partial charge is 0.347 e. The molecule has 0 aliphatic carbocycles. The number of halogens is 1. The molecule has 0 saturated heterocycles. The van der Waals surface area contributed by atoms with Gasteiger partial charge in [-0.05, 0) is 17.2 Å².